The first-order valence-corrected chi connectivity index (χ1v) is 5.76. The molecule has 0 aromatic carbocycles. The summed E-state index contributed by atoms with van der Waals surface area (Å²) in [6.07, 6.45) is 1.68. The van der Waals surface area contributed by atoms with Crippen molar-refractivity contribution in [1.29, 1.82) is 0 Å². The molecule has 0 bridgehead atoms. The number of nitrogens with zero attached hydrogens (tertiary/aromatic N) is 3. The molecule has 0 aliphatic rings. The molecule has 2 heterocycles. The molecule has 0 spiro atoms. The highest BCUT2D eigenvalue weighted by Crippen LogP contribution is 2.14. The van der Waals surface area contributed by atoms with E-state index in [0.29, 0.717) is 5.95 Å². The Morgan fingerprint density at radius 2 is 2.38 bits per heavy atom. The zero-order valence-corrected chi connectivity index (χ0v) is 9.74. The zero-order chi connectivity index (χ0) is 11.4. The fraction of sp³-hybridized carbons (Fsp3) is 0.200. The molecule has 0 saturated carbocycles. The molecular formula is C10H13N5S. The SMILES string of the molecule is CN(Cc1ccsc1)c1ccnc(NN)n1. The third-order valence-electron chi connectivity index (χ3n) is 2.16. The Hall–Kier alpha value is -1.66. The van der Waals surface area contributed by atoms with Crippen LogP contribution in [0.1, 0.15) is 5.56 Å². The summed E-state index contributed by atoms with van der Waals surface area (Å²) in [5.41, 5.74) is 3.71. The van der Waals surface area contributed by atoms with Crippen LogP contribution in [0.25, 0.3) is 0 Å². The van der Waals surface area contributed by atoms with Crippen molar-refractivity contribution >= 4 is 23.1 Å². The van der Waals surface area contributed by atoms with Crippen LogP contribution < -0.4 is 16.2 Å². The van der Waals surface area contributed by atoms with Crippen molar-refractivity contribution in [2.45, 2.75) is 6.54 Å². The minimum atomic E-state index is 0.426. The van der Waals surface area contributed by atoms with Crippen LogP contribution in [0.2, 0.25) is 0 Å². The number of hydrazine groups is 1. The first kappa shape index (κ1) is 10.8. The van der Waals surface area contributed by atoms with Crippen molar-refractivity contribution in [2.24, 2.45) is 5.84 Å². The van der Waals surface area contributed by atoms with Crippen LogP contribution in [0.5, 0.6) is 0 Å². The zero-order valence-electron chi connectivity index (χ0n) is 8.92. The third kappa shape index (κ3) is 2.47. The summed E-state index contributed by atoms with van der Waals surface area (Å²) >= 11 is 1.69. The van der Waals surface area contributed by atoms with E-state index in [1.54, 1.807) is 17.5 Å². The van der Waals surface area contributed by atoms with Gasteiger partial charge in [-0.25, -0.2) is 10.8 Å². The van der Waals surface area contributed by atoms with E-state index in [-0.39, 0.29) is 0 Å². The number of thiophene rings is 1. The van der Waals surface area contributed by atoms with Gasteiger partial charge in [-0.05, 0) is 28.5 Å². The Kier molecular flexibility index (Phi) is 3.33. The lowest BCUT2D eigenvalue weighted by molar-refractivity contribution is 0.894. The summed E-state index contributed by atoms with van der Waals surface area (Å²) < 4.78 is 0. The number of anilines is 2. The van der Waals surface area contributed by atoms with E-state index in [1.165, 1.54) is 5.56 Å². The molecule has 2 aromatic rings. The Bertz CT molecular complexity index is 442. The highest BCUT2D eigenvalue weighted by molar-refractivity contribution is 7.07. The molecule has 2 aromatic heterocycles. The Balaban J connectivity index is 2.11. The van der Waals surface area contributed by atoms with Gasteiger partial charge >= 0.3 is 0 Å². The van der Waals surface area contributed by atoms with Crippen LogP contribution in [0.4, 0.5) is 11.8 Å². The quantitative estimate of drug-likeness (QED) is 0.620. The Labute approximate surface area is 97.9 Å². The summed E-state index contributed by atoms with van der Waals surface area (Å²) in [7, 11) is 1.99. The molecule has 5 nitrogen and oxygen atoms in total. The van der Waals surface area contributed by atoms with Gasteiger partial charge < -0.3 is 4.90 Å². The molecule has 0 fully saturated rings. The minimum absolute atomic E-state index is 0.426. The van der Waals surface area contributed by atoms with E-state index in [0.717, 1.165) is 12.4 Å². The predicted octanol–water partition coefficient (Wildman–Crippen LogP) is 1.46. The standard InChI is InChI=1S/C10H13N5S/c1-15(6-8-3-5-16-7-8)9-2-4-12-10(13-9)14-11/h2-5,7H,6,11H2,1H3,(H,12,13,14). The van der Waals surface area contributed by atoms with E-state index in [9.17, 15) is 0 Å². The van der Waals surface area contributed by atoms with E-state index in [4.69, 9.17) is 5.84 Å². The number of rotatable bonds is 4. The van der Waals surface area contributed by atoms with Crippen LogP contribution in [0.3, 0.4) is 0 Å². The van der Waals surface area contributed by atoms with E-state index in [1.807, 2.05) is 18.0 Å². The Morgan fingerprint density at radius 3 is 3.06 bits per heavy atom. The number of aromatic nitrogens is 2. The normalized spacial score (nSPS) is 10.1. The molecule has 84 valence electrons. The summed E-state index contributed by atoms with van der Waals surface area (Å²) in [5.74, 6) is 6.53. The monoisotopic (exact) mass is 235 g/mol. The first-order chi connectivity index (χ1) is 7.79. The molecule has 0 aliphatic carbocycles. The van der Waals surface area contributed by atoms with Crippen LogP contribution in [-0.2, 0) is 6.54 Å². The van der Waals surface area contributed by atoms with Crippen molar-refractivity contribution < 1.29 is 0 Å². The average Bonchev–Trinajstić information content (AvgIpc) is 2.82. The maximum atomic E-state index is 5.26. The van der Waals surface area contributed by atoms with Crippen molar-refractivity contribution in [3.05, 3.63) is 34.7 Å². The molecule has 16 heavy (non-hydrogen) atoms. The molecule has 6 heteroatoms. The van der Waals surface area contributed by atoms with Gasteiger partial charge in [-0.15, -0.1) is 0 Å². The highest BCUT2D eigenvalue weighted by atomic mass is 32.1. The highest BCUT2D eigenvalue weighted by Gasteiger charge is 2.04. The molecule has 0 saturated heterocycles. The van der Waals surface area contributed by atoms with Crippen LogP contribution >= 0.6 is 11.3 Å². The van der Waals surface area contributed by atoms with Gasteiger partial charge in [0.2, 0.25) is 5.95 Å². The molecule has 2 rings (SSSR count). The first-order valence-electron chi connectivity index (χ1n) is 4.81. The fourth-order valence-corrected chi connectivity index (χ4v) is 2.03. The summed E-state index contributed by atoms with van der Waals surface area (Å²) in [6, 6.07) is 3.96. The van der Waals surface area contributed by atoms with Gasteiger partial charge in [0.25, 0.3) is 0 Å². The van der Waals surface area contributed by atoms with Gasteiger partial charge in [-0.2, -0.15) is 16.3 Å². The molecular weight excluding hydrogens is 222 g/mol. The molecule has 3 N–H and O–H groups in total. The van der Waals surface area contributed by atoms with Gasteiger partial charge in [0.05, 0.1) is 0 Å². The second-order valence-corrected chi connectivity index (χ2v) is 4.15. The summed E-state index contributed by atoms with van der Waals surface area (Å²) in [4.78, 5) is 10.3. The van der Waals surface area contributed by atoms with Crippen molar-refractivity contribution in [2.75, 3.05) is 17.4 Å². The van der Waals surface area contributed by atoms with Crippen LogP contribution in [0, 0.1) is 0 Å². The van der Waals surface area contributed by atoms with Gasteiger partial charge in [0, 0.05) is 19.8 Å². The number of hydrogen-bond donors (Lipinski definition) is 2. The smallest absolute Gasteiger partial charge is 0.239 e. The molecule has 0 amide bonds. The minimum Gasteiger partial charge on any atom is -0.355 e. The van der Waals surface area contributed by atoms with Crippen molar-refractivity contribution in [3.8, 4) is 0 Å². The predicted molar refractivity (Wildman–Crippen MR) is 66.3 cm³/mol. The molecule has 0 radical (unpaired) electrons. The number of nitrogens with one attached hydrogen (secondary N) is 1. The lowest BCUT2D eigenvalue weighted by Crippen LogP contribution is -2.19. The largest absolute Gasteiger partial charge is 0.355 e. The average molecular weight is 235 g/mol. The van der Waals surface area contributed by atoms with E-state index >= 15 is 0 Å². The lowest BCUT2D eigenvalue weighted by Gasteiger charge is -2.17. The van der Waals surface area contributed by atoms with E-state index in [2.05, 4.69) is 32.2 Å². The fourth-order valence-electron chi connectivity index (χ4n) is 1.37. The molecule has 0 unspecified atom stereocenters. The van der Waals surface area contributed by atoms with Gasteiger partial charge in [0.15, 0.2) is 0 Å². The van der Waals surface area contributed by atoms with E-state index < -0.39 is 0 Å². The number of nitrogen functional groups attached to an aromatic ring is 1. The van der Waals surface area contributed by atoms with Crippen molar-refractivity contribution in [1.82, 2.24) is 9.97 Å². The maximum absolute atomic E-state index is 5.26. The summed E-state index contributed by atoms with van der Waals surface area (Å²) in [5, 5.41) is 4.19. The van der Waals surface area contributed by atoms with Crippen LogP contribution in [-0.4, -0.2) is 17.0 Å². The Morgan fingerprint density at radius 1 is 1.50 bits per heavy atom. The third-order valence-corrected chi connectivity index (χ3v) is 2.89. The lowest BCUT2D eigenvalue weighted by atomic mass is 10.3. The second-order valence-electron chi connectivity index (χ2n) is 3.37. The van der Waals surface area contributed by atoms with Crippen LogP contribution in [0.15, 0.2) is 29.1 Å². The van der Waals surface area contributed by atoms with Gasteiger partial charge in [-0.1, -0.05) is 0 Å². The van der Waals surface area contributed by atoms with Crippen molar-refractivity contribution in [3.63, 3.8) is 0 Å². The maximum Gasteiger partial charge on any atom is 0.239 e. The molecule has 0 aliphatic heterocycles. The second kappa shape index (κ2) is 4.91. The summed E-state index contributed by atoms with van der Waals surface area (Å²) in [6.45, 7) is 0.824. The van der Waals surface area contributed by atoms with Gasteiger partial charge in [0.1, 0.15) is 5.82 Å². The topological polar surface area (TPSA) is 67.1 Å². The molecule has 0 atom stereocenters. The number of nitrogens with two attached hydrogens (primary N) is 1. The van der Waals surface area contributed by atoms with Gasteiger partial charge in [-0.3, -0.25) is 5.43 Å². The number of hydrogen-bond acceptors (Lipinski definition) is 6.